The van der Waals surface area contributed by atoms with E-state index in [4.69, 9.17) is 10.1 Å². The fourth-order valence-corrected chi connectivity index (χ4v) is 6.64. The molecule has 0 saturated carbocycles. The molecule has 2 aliphatic heterocycles. The number of aliphatic hydroxyl groups excluding tert-OH is 1. The van der Waals surface area contributed by atoms with Crippen LogP contribution in [0.25, 0.3) is 5.57 Å². The fraction of sp³-hybridized carbons (Fsp3) is 0.452. The van der Waals surface area contributed by atoms with Gasteiger partial charge in [-0.2, -0.15) is 22.0 Å². The van der Waals surface area contributed by atoms with Gasteiger partial charge in [-0.25, -0.2) is 23.5 Å². The largest absolute Gasteiger partial charge is 0.453 e. The molecule has 0 aliphatic carbocycles. The Morgan fingerprint density at radius 3 is 2.16 bits per heavy atom. The summed E-state index contributed by atoms with van der Waals surface area (Å²) in [5, 5.41) is 27.4. The number of methoxy groups -OCH3 is 1. The van der Waals surface area contributed by atoms with Crippen molar-refractivity contribution >= 4 is 29.7 Å². The highest BCUT2D eigenvalue weighted by Gasteiger charge is 2.56. The number of hydrogen-bond donors (Lipinski definition) is 6. The molecular weight excluding hydrogens is 844 g/mol. The van der Waals surface area contributed by atoms with Gasteiger partial charge >= 0.3 is 18.8 Å². The van der Waals surface area contributed by atoms with Gasteiger partial charge < -0.3 is 46.2 Å². The third-order valence-corrected chi connectivity index (χ3v) is 10.7. The molecule has 14 nitrogen and oxygen atoms in total. The number of rotatable bonds is 17. The molecular formula is C42H48F7N9O5. The van der Waals surface area contributed by atoms with Crippen molar-refractivity contribution in [3.05, 3.63) is 94.4 Å². The molecule has 21 heteroatoms. The summed E-state index contributed by atoms with van der Waals surface area (Å²) in [6.45, 7) is 2.32. The molecule has 3 aromatic rings. The van der Waals surface area contributed by atoms with Crippen LogP contribution in [0.5, 0.6) is 0 Å². The van der Waals surface area contributed by atoms with Crippen molar-refractivity contribution in [2.45, 2.75) is 63.8 Å². The number of carbonyl (C=O) groups is 2. The van der Waals surface area contributed by atoms with E-state index in [9.17, 15) is 36.6 Å². The number of nitrogens with one attached hydrogen (secondary N) is 5. The highest BCUT2D eigenvalue weighted by atomic mass is 19.4. The minimum absolute atomic E-state index is 0.166. The number of halogens is 7. The topological polar surface area (TPSA) is 177 Å². The smallest absolute Gasteiger partial charge is 0.407 e. The number of ether oxygens (including phenoxy) is 2. The van der Waals surface area contributed by atoms with Gasteiger partial charge in [-0.1, -0.05) is 24.0 Å². The SMILES string of the molecule is COC(=O)N[C@H](C(=O)N[C@@H](Cc1ccc(C#Cc2cnc(N3CCN(C4COC4)CC3)nc2)cc1)[C@@H](O)CNCc1c(F)cc(/C(C=N)=C/NC(F)F)cc1F)C(C)(C)C(F)(F)F. The third-order valence-electron chi connectivity index (χ3n) is 10.7. The number of allylic oxidation sites excluding steroid dienone is 1. The van der Waals surface area contributed by atoms with Gasteiger partial charge in [-0.15, -0.1) is 0 Å². The minimum atomic E-state index is -4.99. The van der Waals surface area contributed by atoms with Gasteiger partial charge in [0, 0.05) is 80.8 Å². The maximum absolute atomic E-state index is 15.1. The molecule has 0 spiro atoms. The Morgan fingerprint density at radius 1 is 1.00 bits per heavy atom. The molecule has 63 heavy (non-hydrogen) atoms. The summed E-state index contributed by atoms with van der Waals surface area (Å²) in [7, 11) is 0.907. The third kappa shape index (κ3) is 12.9. The highest BCUT2D eigenvalue weighted by Crippen LogP contribution is 2.40. The van der Waals surface area contributed by atoms with Crippen LogP contribution in [0.4, 0.5) is 41.5 Å². The maximum atomic E-state index is 15.1. The van der Waals surface area contributed by atoms with E-state index in [0.29, 0.717) is 48.7 Å². The molecule has 2 fully saturated rings. The van der Waals surface area contributed by atoms with Crippen LogP contribution in [0.1, 0.15) is 41.7 Å². The lowest BCUT2D eigenvalue weighted by Gasteiger charge is -2.42. The second-order valence-corrected chi connectivity index (χ2v) is 15.4. The number of aromatic nitrogens is 2. The van der Waals surface area contributed by atoms with Crippen LogP contribution in [0.2, 0.25) is 0 Å². The predicted molar refractivity (Wildman–Crippen MR) is 218 cm³/mol. The predicted octanol–water partition coefficient (Wildman–Crippen LogP) is 3.97. The second kappa shape index (κ2) is 21.5. The number of hydrogen-bond acceptors (Lipinski definition) is 12. The molecule has 5 rings (SSSR count). The van der Waals surface area contributed by atoms with E-state index in [1.807, 2.05) is 5.32 Å². The lowest BCUT2D eigenvalue weighted by Crippen LogP contribution is -2.62. The fourth-order valence-electron chi connectivity index (χ4n) is 6.64. The summed E-state index contributed by atoms with van der Waals surface area (Å²) >= 11 is 0. The lowest BCUT2D eigenvalue weighted by atomic mass is 9.82. The normalized spacial score (nSPS) is 16.6. The van der Waals surface area contributed by atoms with Crippen LogP contribution in [-0.4, -0.2) is 128 Å². The Morgan fingerprint density at radius 2 is 1.62 bits per heavy atom. The number of aliphatic hydroxyl groups is 1. The lowest BCUT2D eigenvalue weighted by molar-refractivity contribution is -0.220. The van der Waals surface area contributed by atoms with E-state index >= 15 is 8.78 Å². The number of amides is 2. The summed E-state index contributed by atoms with van der Waals surface area (Å²) in [5.74, 6) is 3.10. The molecule has 2 saturated heterocycles. The number of anilines is 1. The van der Waals surface area contributed by atoms with Gasteiger partial charge in [-0.05, 0) is 55.7 Å². The van der Waals surface area contributed by atoms with E-state index in [1.54, 1.807) is 42.0 Å². The van der Waals surface area contributed by atoms with Crippen molar-refractivity contribution in [1.29, 1.82) is 5.41 Å². The number of piperazine rings is 1. The van der Waals surface area contributed by atoms with Gasteiger partial charge in [0.2, 0.25) is 11.9 Å². The van der Waals surface area contributed by atoms with Crippen molar-refractivity contribution in [2.75, 3.05) is 57.9 Å². The zero-order valence-corrected chi connectivity index (χ0v) is 34.5. The first-order valence-electron chi connectivity index (χ1n) is 19.7. The maximum Gasteiger partial charge on any atom is 0.407 e. The van der Waals surface area contributed by atoms with Crippen LogP contribution in [0.3, 0.4) is 0 Å². The van der Waals surface area contributed by atoms with Gasteiger partial charge in [-0.3, -0.25) is 9.69 Å². The van der Waals surface area contributed by atoms with E-state index < -0.39 is 78.6 Å². The van der Waals surface area contributed by atoms with Crippen LogP contribution in [0.15, 0.2) is 55.0 Å². The second-order valence-electron chi connectivity index (χ2n) is 15.4. The molecule has 340 valence electrons. The minimum Gasteiger partial charge on any atom is -0.453 e. The number of alkyl halides is 5. The summed E-state index contributed by atoms with van der Waals surface area (Å²) in [6, 6.07) is 5.13. The van der Waals surface area contributed by atoms with E-state index in [-0.39, 0.29) is 17.6 Å². The summed E-state index contributed by atoms with van der Waals surface area (Å²) in [4.78, 5) is 39.2. The first-order chi connectivity index (χ1) is 29.9. The van der Waals surface area contributed by atoms with Gasteiger partial charge in [0.1, 0.15) is 17.7 Å². The van der Waals surface area contributed by atoms with Gasteiger partial charge in [0.25, 0.3) is 0 Å². The van der Waals surface area contributed by atoms with Crippen molar-refractivity contribution in [3.8, 4) is 11.8 Å². The Labute approximate surface area is 359 Å². The number of alkyl carbamates (subject to hydrolysis) is 1. The van der Waals surface area contributed by atoms with E-state index in [2.05, 4.69) is 47.0 Å². The molecule has 0 radical (unpaired) electrons. The molecule has 0 bridgehead atoms. The molecule has 0 unspecified atom stereocenters. The van der Waals surface area contributed by atoms with E-state index in [1.165, 1.54) is 0 Å². The van der Waals surface area contributed by atoms with Crippen molar-refractivity contribution in [3.63, 3.8) is 0 Å². The zero-order valence-electron chi connectivity index (χ0n) is 34.5. The van der Waals surface area contributed by atoms with Crippen LogP contribution < -0.4 is 26.2 Å². The number of nitrogens with zero attached hydrogens (tertiary/aromatic N) is 4. The summed E-state index contributed by atoms with van der Waals surface area (Å²) in [5.41, 5.74) is -2.16. The Bertz CT molecular complexity index is 2110. The Kier molecular flexibility index (Phi) is 16.5. The van der Waals surface area contributed by atoms with E-state index in [0.717, 1.165) is 64.8 Å². The summed E-state index contributed by atoms with van der Waals surface area (Å²) < 4.78 is 108. The van der Waals surface area contributed by atoms with Crippen molar-refractivity contribution in [2.24, 2.45) is 5.41 Å². The van der Waals surface area contributed by atoms with Gasteiger partial charge in [0.05, 0.1) is 49.5 Å². The summed E-state index contributed by atoms with van der Waals surface area (Å²) in [6.07, 6.45) is -3.47. The number of benzene rings is 2. The number of carbonyl (C=O) groups excluding carboxylic acids is 2. The standard InChI is InChI=1S/C42H48F7N9O5/c1-41(2,42(47,48)49)36(56-40(61)62-3)37(60)55-34(35(59)22-51-21-31-32(43)15-28(16-33(31)44)29(17-50)20-52-38(45)46)14-26-7-4-25(5-8-26)6-9-27-18-53-39(54-19-27)58-12-10-57(11-13-58)30-23-63-24-30/h4-5,7-8,15-20,30,34-36,38,50-52,59H,10-14,21-24H2,1-3H3,(H,55,60)(H,56,61)/b29-20+,50-17?/t34-,35-,36+/m0/s1. The van der Waals surface area contributed by atoms with Crippen molar-refractivity contribution < 1.29 is 54.9 Å². The molecule has 3 heterocycles. The Balaban J connectivity index is 1.29. The molecule has 6 N–H and O–H groups in total. The molecule has 1 aromatic heterocycles. The average Bonchev–Trinajstić information content (AvgIpc) is 3.22. The molecule has 3 atom stereocenters. The average molecular weight is 892 g/mol. The monoisotopic (exact) mass is 891 g/mol. The van der Waals surface area contributed by atoms with Crippen LogP contribution in [0, 0.1) is 34.3 Å². The molecule has 2 aliphatic rings. The quantitative estimate of drug-likeness (QED) is 0.0501. The highest BCUT2D eigenvalue weighted by molar-refractivity contribution is 6.08. The zero-order chi connectivity index (χ0) is 45.9. The van der Waals surface area contributed by atoms with Crippen LogP contribution in [-0.2, 0) is 27.2 Å². The Hall–Kier alpha value is -5.82. The first kappa shape index (κ1) is 48.2. The van der Waals surface area contributed by atoms with Crippen molar-refractivity contribution in [1.82, 2.24) is 36.1 Å². The van der Waals surface area contributed by atoms with Crippen LogP contribution >= 0.6 is 0 Å². The first-order valence-corrected chi connectivity index (χ1v) is 19.7. The molecule has 2 aromatic carbocycles. The molecule has 2 amide bonds. The van der Waals surface area contributed by atoms with Gasteiger partial charge in [0.15, 0.2) is 0 Å².